The molecule has 0 bridgehead atoms. The number of benzene rings is 2. The Bertz CT molecular complexity index is 570. The number of nitrogens with one attached hydrogen (secondary N) is 1. The Balaban J connectivity index is 2.13. The summed E-state index contributed by atoms with van der Waals surface area (Å²) in [4.78, 5) is 0. The third-order valence-electron chi connectivity index (χ3n) is 2.68. The smallest absolute Gasteiger partial charge is 0.124 e. The average molecular weight is 284 g/mol. The normalized spacial score (nSPS) is 10.4. The van der Waals surface area contributed by atoms with E-state index in [2.05, 4.69) is 5.32 Å². The van der Waals surface area contributed by atoms with E-state index in [9.17, 15) is 4.39 Å². The van der Waals surface area contributed by atoms with Gasteiger partial charge in [0, 0.05) is 22.3 Å². The van der Waals surface area contributed by atoms with E-state index in [-0.39, 0.29) is 5.82 Å². The second-order valence-corrected chi connectivity index (χ2v) is 4.89. The predicted octanol–water partition coefficient (Wildman–Crippen LogP) is 5.05. The lowest BCUT2D eigenvalue weighted by molar-refractivity contribution is 0.627. The van der Waals surface area contributed by atoms with E-state index < -0.39 is 0 Å². The highest BCUT2D eigenvalue weighted by Gasteiger charge is 2.03. The first-order valence-electron chi connectivity index (χ1n) is 5.50. The number of halogens is 3. The molecule has 0 saturated carbocycles. The minimum absolute atomic E-state index is 0.331. The van der Waals surface area contributed by atoms with Crippen LogP contribution in [0.1, 0.15) is 11.1 Å². The van der Waals surface area contributed by atoms with Gasteiger partial charge in [-0.2, -0.15) is 0 Å². The van der Waals surface area contributed by atoms with Gasteiger partial charge in [-0.1, -0.05) is 35.3 Å². The summed E-state index contributed by atoms with van der Waals surface area (Å²) in [5.74, 6) is -0.331. The van der Waals surface area contributed by atoms with Gasteiger partial charge in [0.2, 0.25) is 0 Å². The van der Waals surface area contributed by atoms with Gasteiger partial charge in [-0.15, -0.1) is 0 Å². The van der Waals surface area contributed by atoms with E-state index in [1.54, 1.807) is 6.07 Å². The van der Waals surface area contributed by atoms with E-state index in [0.717, 1.165) is 16.8 Å². The van der Waals surface area contributed by atoms with Crippen LogP contribution in [0.15, 0.2) is 36.4 Å². The molecule has 0 spiro atoms. The van der Waals surface area contributed by atoms with Crippen molar-refractivity contribution >= 4 is 28.9 Å². The molecule has 0 aromatic heterocycles. The maximum Gasteiger partial charge on any atom is 0.124 e. The Morgan fingerprint density at radius 2 is 1.89 bits per heavy atom. The molecule has 94 valence electrons. The van der Waals surface area contributed by atoms with Gasteiger partial charge >= 0.3 is 0 Å². The van der Waals surface area contributed by atoms with Crippen LogP contribution in [0.2, 0.25) is 10.0 Å². The van der Waals surface area contributed by atoms with Crippen LogP contribution in [-0.2, 0) is 6.54 Å². The van der Waals surface area contributed by atoms with Gasteiger partial charge in [-0.05, 0) is 42.3 Å². The molecule has 0 heterocycles. The highest BCUT2D eigenvalue weighted by atomic mass is 35.5. The Morgan fingerprint density at radius 3 is 2.61 bits per heavy atom. The number of anilines is 1. The van der Waals surface area contributed by atoms with Crippen LogP contribution in [0.4, 0.5) is 10.1 Å². The molecule has 0 atom stereocenters. The van der Waals surface area contributed by atoms with E-state index >= 15 is 0 Å². The molecule has 0 aliphatic heterocycles. The maximum atomic E-state index is 12.9. The Morgan fingerprint density at radius 1 is 1.11 bits per heavy atom. The van der Waals surface area contributed by atoms with Crippen LogP contribution in [0.5, 0.6) is 0 Å². The maximum absolute atomic E-state index is 12.9. The topological polar surface area (TPSA) is 12.0 Å². The molecule has 0 saturated heterocycles. The fraction of sp³-hybridized carbons (Fsp3) is 0.143. The first-order valence-corrected chi connectivity index (χ1v) is 6.26. The van der Waals surface area contributed by atoms with Crippen LogP contribution in [0.3, 0.4) is 0 Å². The molecule has 0 aliphatic carbocycles. The van der Waals surface area contributed by atoms with Crippen molar-refractivity contribution in [2.45, 2.75) is 13.5 Å². The van der Waals surface area contributed by atoms with Crippen LogP contribution in [0.25, 0.3) is 0 Å². The van der Waals surface area contributed by atoms with Crippen LogP contribution >= 0.6 is 23.2 Å². The van der Waals surface area contributed by atoms with Crippen LogP contribution in [-0.4, -0.2) is 0 Å². The summed E-state index contributed by atoms with van der Waals surface area (Å²) < 4.78 is 12.9. The molecule has 1 N–H and O–H groups in total. The van der Waals surface area contributed by atoms with Crippen molar-refractivity contribution in [3.8, 4) is 0 Å². The molecule has 2 aromatic carbocycles. The highest BCUT2D eigenvalue weighted by molar-refractivity contribution is 6.31. The zero-order valence-electron chi connectivity index (χ0n) is 9.81. The van der Waals surface area contributed by atoms with Crippen molar-refractivity contribution in [3.05, 3.63) is 63.4 Å². The summed E-state index contributed by atoms with van der Waals surface area (Å²) in [5, 5.41) is 4.33. The summed E-state index contributed by atoms with van der Waals surface area (Å²) in [6, 6.07) is 10.0. The van der Waals surface area contributed by atoms with E-state index in [1.807, 2.05) is 25.1 Å². The molecule has 18 heavy (non-hydrogen) atoms. The third-order valence-corrected chi connectivity index (χ3v) is 3.27. The van der Waals surface area contributed by atoms with E-state index in [0.29, 0.717) is 16.6 Å². The molecule has 2 rings (SSSR count). The highest BCUT2D eigenvalue weighted by Crippen LogP contribution is 2.23. The van der Waals surface area contributed by atoms with Gasteiger partial charge in [0.05, 0.1) is 0 Å². The molecule has 0 fully saturated rings. The fourth-order valence-electron chi connectivity index (χ4n) is 1.64. The molecule has 0 radical (unpaired) electrons. The van der Waals surface area contributed by atoms with Gasteiger partial charge in [0.1, 0.15) is 5.82 Å². The molecule has 0 unspecified atom stereocenters. The van der Waals surface area contributed by atoms with E-state index in [4.69, 9.17) is 23.2 Å². The third kappa shape index (κ3) is 3.15. The summed E-state index contributed by atoms with van der Waals surface area (Å²) in [6.07, 6.45) is 0. The van der Waals surface area contributed by atoms with Gasteiger partial charge < -0.3 is 5.32 Å². The summed E-state index contributed by atoms with van der Waals surface area (Å²) in [7, 11) is 0. The SMILES string of the molecule is Cc1ccc(Cl)cc1NCc1ccc(F)cc1Cl. The van der Waals surface area contributed by atoms with Gasteiger partial charge in [0.15, 0.2) is 0 Å². The number of hydrogen-bond donors (Lipinski definition) is 1. The summed E-state index contributed by atoms with van der Waals surface area (Å²) in [6.45, 7) is 2.52. The summed E-state index contributed by atoms with van der Waals surface area (Å²) in [5.41, 5.74) is 2.89. The summed E-state index contributed by atoms with van der Waals surface area (Å²) >= 11 is 11.9. The minimum atomic E-state index is -0.331. The Labute approximate surface area is 116 Å². The van der Waals surface area contributed by atoms with Gasteiger partial charge in [-0.25, -0.2) is 4.39 Å². The Hall–Kier alpha value is -1.25. The lowest BCUT2D eigenvalue weighted by Crippen LogP contribution is -2.01. The molecule has 1 nitrogen and oxygen atoms in total. The predicted molar refractivity (Wildman–Crippen MR) is 74.9 cm³/mol. The first kappa shape index (κ1) is 13.2. The van der Waals surface area contributed by atoms with Crippen molar-refractivity contribution in [1.82, 2.24) is 0 Å². The molecular formula is C14H12Cl2FN. The lowest BCUT2D eigenvalue weighted by Gasteiger charge is -2.11. The number of hydrogen-bond acceptors (Lipinski definition) is 1. The van der Waals surface area contributed by atoms with Gasteiger partial charge in [-0.3, -0.25) is 0 Å². The van der Waals surface area contributed by atoms with Crippen molar-refractivity contribution in [3.63, 3.8) is 0 Å². The van der Waals surface area contributed by atoms with E-state index in [1.165, 1.54) is 12.1 Å². The van der Waals surface area contributed by atoms with Crippen molar-refractivity contribution in [2.24, 2.45) is 0 Å². The molecule has 4 heteroatoms. The average Bonchev–Trinajstić information content (AvgIpc) is 2.32. The molecule has 0 amide bonds. The van der Waals surface area contributed by atoms with Crippen molar-refractivity contribution in [2.75, 3.05) is 5.32 Å². The van der Waals surface area contributed by atoms with Crippen molar-refractivity contribution in [1.29, 1.82) is 0 Å². The zero-order chi connectivity index (χ0) is 13.1. The van der Waals surface area contributed by atoms with Crippen molar-refractivity contribution < 1.29 is 4.39 Å². The first-order chi connectivity index (χ1) is 8.56. The quantitative estimate of drug-likeness (QED) is 0.831. The monoisotopic (exact) mass is 283 g/mol. The van der Waals surface area contributed by atoms with Gasteiger partial charge in [0.25, 0.3) is 0 Å². The second-order valence-electron chi connectivity index (χ2n) is 4.05. The minimum Gasteiger partial charge on any atom is -0.381 e. The largest absolute Gasteiger partial charge is 0.381 e. The number of rotatable bonds is 3. The molecule has 0 aliphatic rings. The number of aryl methyl sites for hydroxylation is 1. The molecular weight excluding hydrogens is 272 g/mol. The van der Waals surface area contributed by atoms with Crippen LogP contribution < -0.4 is 5.32 Å². The lowest BCUT2D eigenvalue weighted by atomic mass is 10.1. The zero-order valence-corrected chi connectivity index (χ0v) is 11.3. The molecule has 2 aromatic rings. The standard InChI is InChI=1S/C14H12Cl2FN/c1-9-2-4-11(15)6-14(9)18-8-10-3-5-12(17)7-13(10)16/h2-7,18H,8H2,1H3. The second kappa shape index (κ2) is 5.59. The van der Waals surface area contributed by atoms with Crippen LogP contribution in [0, 0.1) is 12.7 Å². The Kier molecular flexibility index (Phi) is 4.10. The fourth-order valence-corrected chi connectivity index (χ4v) is 2.05.